The number of nitrogens with one attached hydrogen (secondary N) is 1. The normalized spacial score (nSPS) is 10.3. The molecule has 0 saturated carbocycles. The van der Waals surface area contributed by atoms with Crippen molar-refractivity contribution < 1.29 is 4.74 Å². The van der Waals surface area contributed by atoms with Crippen LogP contribution in [-0.4, -0.2) is 10.8 Å². The largest absolute Gasteiger partial charge is 0.486 e. The van der Waals surface area contributed by atoms with Gasteiger partial charge in [0.05, 0.1) is 10.6 Å². The number of thiazole rings is 1. The van der Waals surface area contributed by atoms with Crippen LogP contribution in [0.2, 0.25) is 5.02 Å². The number of hydrogen-bond donors (Lipinski definition) is 2. The summed E-state index contributed by atoms with van der Waals surface area (Å²) in [6.07, 6.45) is 0. The maximum Gasteiger partial charge on any atom is 0.140 e. The fraction of sp³-hybridized carbons (Fsp3) is 0.167. The molecule has 3 N–H and O–H groups in total. The molecule has 94 valence electrons. The molecule has 2 rings (SSSR count). The molecule has 6 heteroatoms. The van der Waals surface area contributed by atoms with Crippen LogP contribution in [0.5, 0.6) is 5.75 Å². The molecule has 0 unspecified atom stereocenters. The fourth-order valence-corrected chi connectivity index (χ4v) is 2.49. The summed E-state index contributed by atoms with van der Waals surface area (Å²) in [6.45, 7) is 2.18. The first-order valence-corrected chi connectivity index (χ1v) is 6.45. The standard InChI is InChI=1S/C12H12ClN3OS/c1-7-11(12(14)15)18-10(16-7)6-17-9-4-2-3-8(13)5-9/h2-5H,6H2,1H3,(H3,14,15). The van der Waals surface area contributed by atoms with E-state index in [2.05, 4.69) is 4.98 Å². The second-order valence-electron chi connectivity index (χ2n) is 3.68. The molecule has 0 saturated heterocycles. The molecule has 18 heavy (non-hydrogen) atoms. The quantitative estimate of drug-likeness (QED) is 0.668. The molecular weight excluding hydrogens is 270 g/mol. The van der Waals surface area contributed by atoms with Crippen molar-refractivity contribution in [3.8, 4) is 5.75 Å². The average Bonchev–Trinajstić information content (AvgIpc) is 2.68. The zero-order chi connectivity index (χ0) is 13.1. The Labute approximate surface area is 114 Å². The van der Waals surface area contributed by atoms with E-state index in [0.29, 0.717) is 22.3 Å². The van der Waals surface area contributed by atoms with Crippen molar-refractivity contribution in [1.82, 2.24) is 4.98 Å². The molecule has 1 aromatic heterocycles. The number of amidine groups is 1. The van der Waals surface area contributed by atoms with E-state index in [4.69, 9.17) is 27.5 Å². The van der Waals surface area contributed by atoms with Crippen LogP contribution in [-0.2, 0) is 6.61 Å². The summed E-state index contributed by atoms with van der Waals surface area (Å²) in [7, 11) is 0. The van der Waals surface area contributed by atoms with Crippen molar-refractivity contribution in [2.75, 3.05) is 0 Å². The van der Waals surface area contributed by atoms with Crippen molar-refractivity contribution in [3.05, 3.63) is 44.9 Å². The third kappa shape index (κ3) is 3.00. The van der Waals surface area contributed by atoms with Crippen LogP contribution in [0.25, 0.3) is 0 Å². The number of nitrogens with zero attached hydrogens (tertiary/aromatic N) is 1. The van der Waals surface area contributed by atoms with E-state index in [0.717, 1.165) is 10.7 Å². The van der Waals surface area contributed by atoms with Crippen molar-refractivity contribution in [1.29, 1.82) is 5.41 Å². The molecule has 1 heterocycles. The Morgan fingerprint density at radius 3 is 2.94 bits per heavy atom. The first kappa shape index (κ1) is 12.9. The van der Waals surface area contributed by atoms with Gasteiger partial charge in [0.1, 0.15) is 23.2 Å². The van der Waals surface area contributed by atoms with Crippen molar-refractivity contribution in [2.45, 2.75) is 13.5 Å². The lowest BCUT2D eigenvalue weighted by molar-refractivity contribution is 0.305. The van der Waals surface area contributed by atoms with Gasteiger partial charge in [-0.05, 0) is 25.1 Å². The lowest BCUT2D eigenvalue weighted by atomic mass is 10.3. The Morgan fingerprint density at radius 2 is 2.33 bits per heavy atom. The first-order valence-electron chi connectivity index (χ1n) is 5.25. The van der Waals surface area contributed by atoms with E-state index in [9.17, 15) is 0 Å². The predicted molar refractivity (Wildman–Crippen MR) is 73.7 cm³/mol. The van der Waals surface area contributed by atoms with Gasteiger partial charge in [-0.3, -0.25) is 5.41 Å². The van der Waals surface area contributed by atoms with Crippen molar-refractivity contribution >= 4 is 28.8 Å². The maximum atomic E-state index is 7.40. The second kappa shape index (κ2) is 5.37. The first-order chi connectivity index (χ1) is 8.56. The molecule has 2 aromatic rings. The summed E-state index contributed by atoms with van der Waals surface area (Å²) in [5, 5.41) is 8.83. The number of halogens is 1. The molecule has 0 atom stereocenters. The van der Waals surface area contributed by atoms with Gasteiger partial charge >= 0.3 is 0 Å². The molecular formula is C12H12ClN3OS. The third-order valence-corrected chi connectivity index (χ3v) is 3.64. The summed E-state index contributed by atoms with van der Waals surface area (Å²) in [6, 6.07) is 7.19. The number of rotatable bonds is 4. The summed E-state index contributed by atoms with van der Waals surface area (Å²) in [5.74, 6) is 0.735. The smallest absolute Gasteiger partial charge is 0.140 e. The zero-order valence-corrected chi connectivity index (χ0v) is 11.3. The molecule has 0 amide bonds. The topological polar surface area (TPSA) is 72.0 Å². The molecule has 0 fully saturated rings. The SMILES string of the molecule is Cc1nc(COc2cccc(Cl)c2)sc1C(=N)N. The van der Waals surface area contributed by atoms with Gasteiger partial charge < -0.3 is 10.5 Å². The van der Waals surface area contributed by atoms with Gasteiger partial charge in [-0.25, -0.2) is 4.98 Å². The number of ether oxygens (including phenoxy) is 1. The Kier molecular flexibility index (Phi) is 3.84. The summed E-state index contributed by atoms with van der Waals surface area (Å²) >= 11 is 7.23. The van der Waals surface area contributed by atoms with Crippen LogP contribution in [0.1, 0.15) is 15.6 Å². The predicted octanol–water partition coefficient (Wildman–Crippen LogP) is 2.97. The number of benzene rings is 1. The van der Waals surface area contributed by atoms with Crippen LogP contribution in [0.3, 0.4) is 0 Å². The highest BCUT2D eigenvalue weighted by molar-refractivity contribution is 7.13. The van der Waals surface area contributed by atoms with Crippen molar-refractivity contribution in [2.24, 2.45) is 5.73 Å². The molecule has 0 aliphatic rings. The summed E-state index contributed by atoms with van der Waals surface area (Å²) in [4.78, 5) is 5.00. The zero-order valence-electron chi connectivity index (χ0n) is 9.74. The summed E-state index contributed by atoms with van der Waals surface area (Å²) in [5.41, 5.74) is 6.21. The van der Waals surface area contributed by atoms with Crippen LogP contribution >= 0.6 is 22.9 Å². The second-order valence-corrected chi connectivity index (χ2v) is 5.20. The lowest BCUT2D eigenvalue weighted by Gasteiger charge is -2.03. The van der Waals surface area contributed by atoms with E-state index >= 15 is 0 Å². The highest BCUT2D eigenvalue weighted by Crippen LogP contribution is 2.21. The minimum Gasteiger partial charge on any atom is -0.486 e. The maximum absolute atomic E-state index is 7.40. The lowest BCUT2D eigenvalue weighted by Crippen LogP contribution is -2.10. The molecule has 0 bridgehead atoms. The van der Waals surface area contributed by atoms with Crippen LogP contribution in [0.15, 0.2) is 24.3 Å². The minimum absolute atomic E-state index is 0.0407. The van der Waals surface area contributed by atoms with E-state index < -0.39 is 0 Å². The molecule has 4 nitrogen and oxygen atoms in total. The molecule has 0 aliphatic heterocycles. The van der Waals surface area contributed by atoms with Crippen LogP contribution in [0, 0.1) is 12.3 Å². The van der Waals surface area contributed by atoms with E-state index in [1.54, 1.807) is 12.1 Å². The van der Waals surface area contributed by atoms with Gasteiger partial charge in [0.15, 0.2) is 0 Å². The van der Waals surface area contributed by atoms with Gasteiger partial charge in [0.2, 0.25) is 0 Å². The Balaban J connectivity index is 2.06. The Bertz CT molecular complexity index is 582. The number of nitrogens with two attached hydrogens (primary N) is 1. The minimum atomic E-state index is 0.0407. The highest BCUT2D eigenvalue weighted by Gasteiger charge is 2.10. The molecule has 0 aliphatic carbocycles. The number of aromatic nitrogens is 1. The van der Waals surface area contributed by atoms with Crippen molar-refractivity contribution in [3.63, 3.8) is 0 Å². The highest BCUT2D eigenvalue weighted by atomic mass is 35.5. The number of nitrogen functional groups attached to an aromatic ring is 1. The molecule has 0 spiro atoms. The van der Waals surface area contributed by atoms with E-state index in [-0.39, 0.29) is 5.84 Å². The molecule has 0 radical (unpaired) electrons. The van der Waals surface area contributed by atoms with E-state index in [1.165, 1.54) is 11.3 Å². The monoisotopic (exact) mass is 281 g/mol. The molecule has 1 aromatic carbocycles. The van der Waals surface area contributed by atoms with Gasteiger partial charge in [0, 0.05) is 5.02 Å². The van der Waals surface area contributed by atoms with Crippen LogP contribution < -0.4 is 10.5 Å². The average molecular weight is 282 g/mol. The van der Waals surface area contributed by atoms with Crippen LogP contribution in [0.4, 0.5) is 0 Å². The Morgan fingerprint density at radius 1 is 1.56 bits per heavy atom. The van der Waals surface area contributed by atoms with E-state index in [1.807, 2.05) is 19.1 Å². The van der Waals surface area contributed by atoms with Gasteiger partial charge in [-0.2, -0.15) is 0 Å². The van der Waals surface area contributed by atoms with Gasteiger partial charge in [0.25, 0.3) is 0 Å². The van der Waals surface area contributed by atoms with Gasteiger partial charge in [-0.15, -0.1) is 11.3 Å². The fourth-order valence-electron chi connectivity index (χ4n) is 1.47. The summed E-state index contributed by atoms with van der Waals surface area (Å²) < 4.78 is 5.57. The third-order valence-electron chi connectivity index (χ3n) is 2.24. The van der Waals surface area contributed by atoms with Gasteiger partial charge in [-0.1, -0.05) is 17.7 Å². The number of hydrogen-bond acceptors (Lipinski definition) is 4. The number of aryl methyl sites for hydroxylation is 1. The Hall–Kier alpha value is -1.59.